The molecule has 6 nitrogen and oxygen atoms in total. The Hall–Kier alpha value is -2.28. The van der Waals surface area contributed by atoms with Crippen molar-refractivity contribution in [1.29, 1.82) is 0 Å². The zero-order valence-corrected chi connectivity index (χ0v) is 10.6. The summed E-state index contributed by atoms with van der Waals surface area (Å²) in [6, 6.07) is 8.62. The summed E-state index contributed by atoms with van der Waals surface area (Å²) in [5.74, 6) is 0.944. The van der Waals surface area contributed by atoms with Gasteiger partial charge in [-0.05, 0) is 40.8 Å². The third-order valence-electron chi connectivity index (χ3n) is 2.48. The Morgan fingerprint density at radius 3 is 2.79 bits per heavy atom. The van der Waals surface area contributed by atoms with Crippen molar-refractivity contribution in [2.24, 2.45) is 0 Å². The molecule has 0 unspecified atom stereocenters. The molecule has 3 aromatic rings. The van der Waals surface area contributed by atoms with Crippen molar-refractivity contribution in [3.8, 4) is 11.4 Å². The van der Waals surface area contributed by atoms with Gasteiger partial charge in [0.2, 0.25) is 5.16 Å². The van der Waals surface area contributed by atoms with Crippen LogP contribution in [0.3, 0.4) is 0 Å². The molecule has 2 aromatic heterocycles. The number of hydrogen-bond donors (Lipinski definition) is 1. The predicted octanol–water partition coefficient (Wildman–Crippen LogP) is 2.25. The molecule has 1 N–H and O–H groups in total. The van der Waals surface area contributed by atoms with Crippen LogP contribution >= 0.6 is 11.8 Å². The third-order valence-corrected chi connectivity index (χ3v) is 3.47. The van der Waals surface area contributed by atoms with Crippen molar-refractivity contribution in [2.45, 2.75) is 10.9 Å². The fourth-order valence-corrected chi connectivity index (χ4v) is 2.37. The van der Waals surface area contributed by atoms with Gasteiger partial charge in [0.25, 0.3) is 0 Å². The van der Waals surface area contributed by atoms with Gasteiger partial charge in [0.05, 0.1) is 18.2 Å². The highest BCUT2D eigenvalue weighted by molar-refractivity contribution is 7.98. The van der Waals surface area contributed by atoms with Gasteiger partial charge >= 0.3 is 0 Å². The van der Waals surface area contributed by atoms with Crippen LogP contribution in [0.1, 0.15) is 5.56 Å². The van der Waals surface area contributed by atoms with Crippen LogP contribution in [0.25, 0.3) is 5.69 Å². The van der Waals surface area contributed by atoms with Crippen molar-refractivity contribution >= 4 is 11.8 Å². The van der Waals surface area contributed by atoms with Crippen molar-refractivity contribution in [3.05, 3.63) is 48.4 Å². The van der Waals surface area contributed by atoms with E-state index in [0.717, 1.165) is 17.0 Å². The van der Waals surface area contributed by atoms with E-state index in [1.807, 2.05) is 6.07 Å². The summed E-state index contributed by atoms with van der Waals surface area (Å²) in [6.07, 6.45) is 3.33. The molecule has 0 saturated heterocycles. The molecular formula is C12H10N4O2S. The molecule has 2 heterocycles. The van der Waals surface area contributed by atoms with Crippen molar-refractivity contribution in [2.75, 3.05) is 0 Å². The Kier molecular flexibility index (Phi) is 3.20. The molecule has 3 rings (SSSR count). The number of aromatic nitrogens is 4. The summed E-state index contributed by atoms with van der Waals surface area (Å²) in [7, 11) is 0. The molecule has 0 radical (unpaired) electrons. The van der Waals surface area contributed by atoms with E-state index < -0.39 is 0 Å². The molecule has 0 aliphatic rings. The summed E-state index contributed by atoms with van der Waals surface area (Å²) in [6.45, 7) is 0. The molecule has 0 amide bonds. The van der Waals surface area contributed by atoms with Gasteiger partial charge in [-0.15, -0.1) is 5.10 Å². The number of phenols is 1. The number of phenolic OH excluding ortho intramolecular Hbond substituents is 1. The van der Waals surface area contributed by atoms with E-state index in [1.54, 1.807) is 41.5 Å². The molecule has 19 heavy (non-hydrogen) atoms. The quantitative estimate of drug-likeness (QED) is 0.735. The normalized spacial score (nSPS) is 10.7. The van der Waals surface area contributed by atoms with E-state index in [0.29, 0.717) is 5.16 Å². The Balaban J connectivity index is 1.80. The first kappa shape index (κ1) is 11.8. The molecule has 7 heteroatoms. The fraction of sp³-hybridized carbons (Fsp3) is 0.0833. The molecule has 0 aliphatic heterocycles. The molecule has 0 aliphatic carbocycles. The summed E-state index contributed by atoms with van der Waals surface area (Å²) >= 11 is 1.51. The van der Waals surface area contributed by atoms with Crippen LogP contribution in [0.2, 0.25) is 0 Å². The Bertz CT molecular complexity index is 649. The highest BCUT2D eigenvalue weighted by Gasteiger charge is 2.09. The number of rotatable bonds is 4. The minimum atomic E-state index is 0.212. The minimum absolute atomic E-state index is 0.212. The Labute approximate surface area is 113 Å². The van der Waals surface area contributed by atoms with Gasteiger partial charge in [-0.3, -0.25) is 0 Å². The van der Waals surface area contributed by atoms with Gasteiger partial charge in [0, 0.05) is 11.3 Å². The lowest BCUT2D eigenvalue weighted by molar-refractivity contribution is 0.475. The first-order valence-corrected chi connectivity index (χ1v) is 6.53. The van der Waals surface area contributed by atoms with Crippen LogP contribution in [-0.2, 0) is 5.75 Å². The number of benzene rings is 1. The predicted molar refractivity (Wildman–Crippen MR) is 69.1 cm³/mol. The van der Waals surface area contributed by atoms with Crippen molar-refractivity contribution in [3.63, 3.8) is 0 Å². The maximum atomic E-state index is 9.28. The smallest absolute Gasteiger partial charge is 0.214 e. The monoisotopic (exact) mass is 274 g/mol. The second-order valence-corrected chi connectivity index (χ2v) is 4.75. The molecule has 0 atom stereocenters. The maximum Gasteiger partial charge on any atom is 0.214 e. The lowest BCUT2D eigenvalue weighted by Gasteiger charge is -2.03. The summed E-state index contributed by atoms with van der Waals surface area (Å²) in [5, 5.41) is 21.6. The second kappa shape index (κ2) is 5.15. The number of thioether (sulfide) groups is 1. The van der Waals surface area contributed by atoms with Crippen LogP contribution in [0, 0.1) is 0 Å². The standard InChI is InChI=1S/C12H10N4O2S/c17-11-3-1-10(2-4-11)16-12(13-14-15-16)19-8-9-5-6-18-7-9/h1-7,17H,8H2. The van der Waals surface area contributed by atoms with E-state index in [9.17, 15) is 5.11 Å². The summed E-state index contributed by atoms with van der Waals surface area (Å²) < 4.78 is 6.64. The van der Waals surface area contributed by atoms with Crippen molar-refractivity contribution in [1.82, 2.24) is 20.2 Å². The maximum absolute atomic E-state index is 9.28. The Morgan fingerprint density at radius 2 is 2.05 bits per heavy atom. The minimum Gasteiger partial charge on any atom is -0.508 e. The Morgan fingerprint density at radius 1 is 1.21 bits per heavy atom. The molecule has 0 bridgehead atoms. The van der Waals surface area contributed by atoms with E-state index in [1.165, 1.54) is 11.8 Å². The van der Waals surface area contributed by atoms with Crippen LogP contribution in [0.15, 0.2) is 52.4 Å². The topological polar surface area (TPSA) is 77.0 Å². The lowest BCUT2D eigenvalue weighted by atomic mass is 10.3. The van der Waals surface area contributed by atoms with Crippen molar-refractivity contribution < 1.29 is 9.52 Å². The van der Waals surface area contributed by atoms with Gasteiger partial charge < -0.3 is 9.52 Å². The number of tetrazole rings is 1. The van der Waals surface area contributed by atoms with Crippen LogP contribution in [0.4, 0.5) is 0 Å². The lowest BCUT2D eigenvalue weighted by Crippen LogP contribution is -1.98. The van der Waals surface area contributed by atoms with E-state index in [2.05, 4.69) is 15.5 Å². The first-order chi connectivity index (χ1) is 9.33. The third kappa shape index (κ3) is 2.60. The van der Waals surface area contributed by atoms with E-state index in [-0.39, 0.29) is 5.75 Å². The van der Waals surface area contributed by atoms with E-state index in [4.69, 9.17) is 4.42 Å². The van der Waals surface area contributed by atoms with Crippen LogP contribution in [-0.4, -0.2) is 25.3 Å². The van der Waals surface area contributed by atoms with Gasteiger partial charge in [-0.2, -0.15) is 4.68 Å². The van der Waals surface area contributed by atoms with Gasteiger partial charge in [0.15, 0.2) is 0 Å². The molecule has 96 valence electrons. The average molecular weight is 274 g/mol. The average Bonchev–Trinajstić information content (AvgIpc) is 3.08. The number of aromatic hydroxyl groups is 1. The highest BCUT2D eigenvalue weighted by Crippen LogP contribution is 2.23. The fourth-order valence-electron chi connectivity index (χ4n) is 1.55. The SMILES string of the molecule is Oc1ccc(-n2nnnc2SCc2ccoc2)cc1. The number of nitrogens with zero attached hydrogens (tertiary/aromatic N) is 4. The summed E-state index contributed by atoms with van der Waals surface area (Å²) in [5.41, 5.74) is 1.88. The van der Waals surface area contributed by atoms with Crippen LogP contribution < -0.4 is 0 Å². The number of hydrogen-bond acceptors (Lipinski definition) is 6. The zero-order valence-electron chi connectivity index (χ0n) is 9.80. The van der Waals surface area contributed by atoms with Gasteiger partial charge in [-0.25, -0.2) is 0 Å². The zero-order chi connectivity index (χ0) is 13.1. The molecule has 0 fully saturated rings. The molecule has 1 aromatic carbocycles. The van der Waals surface area contributed by atoms with E-state index >= 15 is 0 Å². The van der Waals surface area contributed by atoms with Gasteiger partial charge in [0.1, 0.15) is 5.75 Å². The first-order valence-electron chi connectivity index (χ1n) is 5.54. The van der Waals surface area contributed by atoms with Gasteiger partial charge in [-0.1, -0.05) is 11.8 Å². The second-order valence-electron chi connectivity index (χ2n) is 3.81. The molecule has 0 spiro atoms. The van der Waals surface area contributed by atoms with Crippen LogP contribution in [0.5, 0.6) is 5.75 Å². The molecule has 0 saturated carbocycles. The largest absolute Gasteiger partial charge is 0.508 e. The highest BCUT2D eigenvalue weighted by atomic mass is 32.2. The summed E-state index contributed by atoms with van der Waals surface area (Å²) in [4.78, 5) is 0. The molecular weight excluding hydrogens is 264 g/mol. The number of furan rings is 1.